The molecule has 0 amide bonds. The molecule has 0 unspecified atom stereocenters. The fourth-order valence-corrected chi connectivity index (χ4v) is 2.74. The molecule has 0 bridgehead atoms. The average Bonchev–Trinajstić information content (AvgIpc) is 3.05. The first-order chi connectivity index (χ1) is 10.1. The van der Waals surface area contributed by atoms with Crippen LogP contribution in [0.3, 0.4) is 0 Å². The molecule has 0 radical (unpaired) electrons. The zero-order chi connectivity index (χ0) is 15.0. The summed E-state index contributed by atoms with van der Waals surface area (Å²) in [5.74, 6) is 0.380. The van der Waals surface area contributed by atoms with Crippen LogP contribution in [0.5, 0.6) is 0 Å². The molecule has 1 aliphatic rings. The Kier molecular flexibility index (Phi) is 3.32. The van der Waals surface area contributed by atoms with Crippen molar-refractivity contribution >= 4 is 11.8 Å². The smallest absolute Gasteiger partial charge is 0.326 e. The highest BCUT2D eigenvalue weighted by Crippen LogP contribution is 2.24. The van der Waals surface area contributed by atoms with Gasteiger partial charge < -0.3 is 10.0 Å². The summed E-state index contributed by atoms with van der Waals surface area (Å²) in [5, 5.41) is 13.7. The van der Waals surface area contributed by atoms with Crippen LogP contribution in [-0.4, -0.2) is 43.4 Å². The van der Waals surface area contributed by atoms with Crippen LogP contribution in [0.25, 0.3) is 5.82 Å². The minimum Gasteiger partial charge on any atom is -0.480 e. The van der Waals surface area contributed by atoms with Gasteiger partial charge in [-0.15, -0.1) is 0 Å². The van der Waals surface area contributed by atoms with Crippen molar-refractivity contribution in [3.05, 3.63) is 29.8 Å². The highest BCUT2D eigenvalue weighted by Gasteiger charge is 2.31. The third-order valence-corrected chi connectivity index (χ3v) is 3.67. The number of nitrogens with zero attached hydrogens (tertiary/aromatic N) is 5. The second kappa shape index (κ2) is 5.16. The Morgan fingerprint density at radius 1 is 1.33 bits per heavy atom. The maximum atomic E-state index is 11.3. The molecule has 1 fully saturated rings. The van der Waals surface area contributed by atoms with Crippen molar-refractivity contribution in [2.45, 2.75) is 32.7 Å². The zero-order valence-electron chi connectivity index (χ0n) is 12.0. The Labute approximate surface area is 122 Å². The number of carboxylic acids is 1. The van der Waals surface area contributed by atoms with E-state index in [1.54, 1.807) is 22.0 Å². The molecule has 2 aromatic heterocycles. The van der Waals surface area contributed by atoms with E-state index in [9.17, 15) is 9.90 Å². The van der Waals surface area contributed by atoms with Crippen molar-refractivity contribution in [2.24, 2.45) is 0 Å². The standard InChI is InChI=1S/C14H17N5O2/c1-9-6-10(2)19(17-9)13-8-15-7-12(16-13)18-5-3-4-11(18)14(20)21/h6-8,11H,3-5H2,1-2H3,(H,20,21)/t11-/m0/s1. The normalized spacial score (nSPS) is 18.2. The van der Waals surface area contributed by atoms with Crippen molar-refractivity contribution in [1.82, 2.24) is 19.7 Å². The molecule has 0 aromatic carbocycles. The van der Waals surface area contributed by atoms with Gasteiger partial charge >= 0.3 is 5.97 Å². The molecule has 3 rings (SSSR count). The molecule has 3 heterocycles. The zero-order valence-corrected chi connectivity index (χ0v) is 12.0. The minimum atomic E-state index is -0.814. The molecule has 0 spiro atoms. The highest BCUT2D eigenvalue weighted by molar-refractivity contribution is 5.78. The molecule has 1 saturated heterocycles. The van der Waals surface area contributed by atoms with Gasteiger partial charge in [-0.2, -0.15) is 5.10 Å². The Bertz CT molecular complexity index is 682. The van der Waals surface area contributed by atoms with Crippen LogP contribution in [0.2, 0.25) is 0 Å². The summed E-state index contributed by atoms with van der Waals surface area (Å²) in [7, 11) is 0. The number of rotatable bonds is 3. The molecule has 1 atom stereocenters. The Hall–Kier alpha value is -2.44. The molecule has 110 valence electrons. The maximum Gasteiger partial charge on any atom is 0.326 e. The largest absolute Gasteiger partial charge is 0.480 e. The number of anilines is 1. The molecule has 7 nitrogen and oxygen atoms in total. The van der Waals surface area contributed by atoms with Crippen LogP contribution >= 0.6 is 0 Å². The van der Waals surface area contributed by atoms with E-state index in [-0.39, 0.29) is 0 Å². The molecule has 1 N–H and O–H groups in total. The lowest BCUT2D eigenvalue weighted by Crippen LogP contribution is -2.36. The van der Waals surface area contributed by atoms with E-state index < -0.39 is 12.0 Å². The lowest BCUT2D eigenvalue weighted by molar-refractivity contribution is -0.138. The van der Waals surface area contributed by atoms with Crippen molar-refractivity contribution in [1.29, 1.82) is 0 Å². The van der Waals surface area contributed by atoms with Gasteiger partial charge in [0.2, 0.25) is 0 Å². The number of aryl methyl sites for hydroxylation is 2. The van der Waals surface area contributed by atoms with Gasteiger partial charge in [0.15, 0.2) is 5.82 Å². The Balaban J connectivity index is 1.97. The molecular formula is C14H17N5O2. The Morgan fingerprint density at radius 3 is 2.76 bits per heavy atom. The van der Waals surface area contributed by atoms with E-state index in [1.165, 1.54) is 0 Å². The van der Waals surface area contributed by atoms with Crippen LogP contribution in [-0.2, 0) is 4.79 Å². The summed E-state index contributed by atoms with van der Waals surface area (Å²) in [4.78, 5) is 21.8. The van der Waals surface area contributed by atoms with E-state index in [2.05, 4.69) is 15.1 Å². The lowest BCUT2D eigenvalue weighted by atomic mass is 10.2. The SMILES string of the molecule is Cc1cc(C)n(-c2cncc(N3CCC[C@H]3C(=O)O)n2)n1. The van der Waals surface area contributed by atoms with Crippen LogP contribution in [0.1, 0.15) is 24.2 Å². The monoisotopic (exact) mass is 287 g/mol. The van der Waals surface area contributed by atoms with Crippen molar-refractivity contribution in [2.75, 3.05) is 11.4 Å². The molecule has 2 aromatic rings. The predicted octanol–water partition coefficient (Wildman–Crippen LogP) is 1.33. The first kappa shape index (κ1) is 13.5. The molecule has 1 aliphatic heterocycles. The van der Waals surface area contributed by atoms with Crippen molar-refractivity contribution in [3.8, 4) is 5.82 Å². The van der Waals surface area contributed by atoms with E-state index in [4.69, 9.17) is 0 Å². The van der Waals surface area contributed by atoms with Gasteiger partial charge in [0.1, 0.15) is 11.9 Å². The van der Waals surface area contributed by atoms with E-state index in [0.29, 0.717) is 24.6 Å². The summed E-state index contributed by atoms with van der Waals surface area (Å²) in [6.45, 7) is 4.55. The van der Waals surface area contributed by atoms with E-state index in [1.807, 2.05) is 19.9 Å². The maximum absolute atomic E-state index is 11.3. The van der Waals surface area contributed by atoms with E-state index in [0.717, 1.165) is 17.8 Å². The van der Waals surface area contributed by atoms with Gasteiger partial charge in [-0.25, -0.2) is 14.5 Å². The van der Waals surface area contributed by atoms with Crippen LogP contribution in [0, 0.1) is 13.8 Å². The summed E-state index contributed by atoms with van der Waals surface area (Å²) in [6.07, 6.45) is 4.73. The first-order valence-electron chi connectivity index (χ1n) is 6.91. The van der Waals surface area contributed by atoms with Crippen LogP contribution in [0.15, 0.2) is 18.5 Å². The number of carbonyl (C=O) groups is 1. The van der Waals surface area contributed by atoms with Gasteiger partial charge in [-0.3, -0.25) is 4.98 Å². The van der Waals surface area contributed by atoms with Gasteiger partial charge in [0, 0.05) is 12.2 Å². The van der Waals surface area contributed by atoms with Gasteiger partial charge in [0.05, 0.1) is 18.1 Å². The third kappa shape index (κ3) is 2.46. The van der Waals surface area contributed by atoms with Gasteiger partial charge in [0.25, 0.3) is 0 Å². The Morgan fingerprint density at radius 2 is 2.10 bits per heavy atom. The number of aromatic nitrogens is 4. The number of hydrogen-bond acceptors (Lipinski definition) is 5. The second-order valence-electron chi connectivity index (χ2n) is 5.26. The summed E-state index contributed by atoms with van der Waals surface area (Å²) in [5.41, 5.74) is 1.87. The molecule has 7 heteroatoms. The second-order valence-corrected chi connectivity index (χ2v) is 5.26. The fourth-order valence-electron chi connectivity index (χ4n) is 2.74. The van der Waals surface area contributed by atoms with Crippen molar-refractivity contribution in [3.63, 3.8) is 0 Å². The van der Waals surface area contributed by atoms with Crippen LogP contribution in [0.4, 0.5) is 5.82 Å². The van der Waals surface area contributed by atoms with E-state index >= 15 is 0 Å². The third-order valence-electron chi connectivity index (χ3n) is 3.67. The predicted molar refractivity (Wildman–Crippen MR) is 76.6 cm³/mol. The summed E-state index contributed by atoms with van der Waals surface area (Å²) >= 11 is 0. The number of aliphatic carboxylic acids is 1. The summed E-state index contributed by atoms with van der Waals surface area (Å²) < 4.78 is 1.72. The lowest BCUT2D eigenvalue weighted by Gasteiger charge is -2.22. The van der Waals surface area contributed by atoms with Crippen molar-refractivity contribution < 1.29 is 9.90 Å². The van der Waals surface area contributed by atoms with Gasteiger partial charge in [-0.05, 0) is 32.8 Å². The van der Waals surface area contributed by atoms with Crippen LogP contribution < -0.4 is 4.90 Å². The minimum absolute atomic E-state index is 0.519. The summed E-state index contributed by atoms with van der Waals surface area (Å²) in [6, 6.07) is 1.44. The fraction of sp³-hybridized carbons (Fsp3) is 0.429. The molecule has 0 aliphatic carbocycles. The first-order valence-corrected chi connectivity index (χ1v) is 6.91. The van der Waals surface area contributed by atoms with Gasteiger partial charge in [-0.1, -0.05) is 0 Å². The quantitative estimate of drug-likeness (QED) is 0.917. The molecule has 21 heavy (non-hydrogen) atoms. The topological polar surface area (TPSA) is 84.1 Å². The molecule has 0 saturated carbocycles. The highest BCUT2D eigenvalue weighted by atomic mass is 16.4. The number of hydrogen-bond donors (Lipinski definition) is 1. The average molecular weight is 287 g/mol. The molecular weight excluding hydrogens is 270 g/mol. The number of carboxylic acid groups (broad SMARTS) is 1.